The Morgan fingerprint density at radius 2 is 2.25 bits per heavy atom. The van der Waals surface area contributed by atoms with Crippen LogP contribution in [0.2, 0.25) is 0 Å². The van der Waals surface area contributed by atoms with Crippen LogP contribution >= 0.6 is 0 Å². The van der Waals surface area contributed by atoms with Gasteiger partial charge in [-0.05, 0) is 27.0 Å². The van der Waals surface area contributed by atoms with Crippen LogP contribution in [0.3, 0.4) is 0 Å². The van der Waals surface area contributed by atoms with Crippen molar-refractivity contribution in [1.82, 2.24) is 14.7 Å². The third-order valence-electron chi connectivity index (χ3n) is 3.10. The van der Waals surface area contributed by atoms with Crippen molar-refractivity contribution in [3.8, 4) is 0 Å². The van der Waals surface area contributed by atoms with Crippen LogP contribution in [0.4, 0.5) is 0 Å². The summed E-state index contributed by atoms with van der Waals surface area (Å²) in [5, 5.41) is 13.1. The second-order valence-electron chi connectivity index (χ2n) is 4.48. The zero-order chi connectivity index (χ0) is 12.3. The van der Waals surface area contributed by atoms with E-state index in [1.165, 1.54) is 0 Å². The second kappa shape index (κ2) is 4.65. The van der Waals surface area contributed by atoms with Gasteiger partial charge in [0.1, 0.15) is 5.54 Å². The molecule has 90 valence electrons. The lowest BCUT2D eigenvalue weighted by molar-refractivity contribution is -0.148. The fourth-order valence-corrected chi connectivity index (χ4v) is 1.37. The average Bonchev–Trinajstić information content (AvgIpc) is 2.60. The summed E-state index contributed by atoms with van der Waals surface area (Å²) in [7, 11) is 3.71. The van der Waals surface area contributed by atoms with Crippen LogP contribution in [0, 0.1) is 0 Å². The van der Waals surface area contributed by atoms with Crippen LogP contribution in [-0.2, 0) is 18.3 Å². The van der Waals surface area contributed by atoms with Gasteiger partial charge < -0.3 is 5.11 Å². The Labute approximate surface area is 95.7 Å². The molecule has 1 aromatic heterocycles. The molecule has 5 nitrogen and oxygen atoms in total. The maximum absolute atomic E-state index is 11.0. The molecule has 0 aliphatic rings. The monoisotopic (exact) mass is 225 g/mol. The van der Waals surface area contributed by atoms with Crippen molar-refractivity contribution in [3.63, 3.8) is 0 Å². The molecule has 0 bridgehead atoms. The van der Waals surface area contributed by atoms with Crippen molar-refractivity contribution in [2.75, 3.05) is 13.6 Å². The van der Waals surface area contributed by atoms with E-state index < -0.39 is 11.5 Å². The number of aryl methyl sites for hydroxylation is 1. The minimum absolute atomic E-state index is 0.693. The van der Waals surface area contributed by atoms with Gasteiger partial charge in [0.25, 0.3) is 0 Å². The minimum Gasteiger partial charge on any atom is -0.480 e. The van der Waals surface area contributed by atoms with Crippen LogP contribution in [0.5, 0.6) is 0 Å². The zero-order valence-corrected chi connectivity index (χ0v) is 10.3. The van der Waals surface area contributed by atoms with Gasteiger partial charge in [0.15, 0.2) is 0 Å². The Morgan fingerprint density at radius 3 is 2.69 bits per heavy atom. The largest absolute Gasteiger partial charge is 0.480 e. The van der Waals surface area contributed by atoms with Gasteiger partial charge in [-0.1, -0.05) is 0 Å². The van der Waals surface area contributed by atoms with Crippen LogP contribution in [0.1, 0.15) is 19.5 Å². The molecule has 1 N–H and O–H groups in total. The lowest BCUT2D eigenvalue weighted by Crippen LogP contribution is -2.48. The molecular formula is C11H19N3O2. The molecule has 0 atom stereocenters. The maximum atomic E-state index is 11.0. The van der Waals surface area contributed by atoms with Crippen molar-refractivity contribution in [2.24, 2.45) is 7.05 Å². The van der Waals surface area contributed by atoms with Crippen LogP contribution < -0.4 is 0 Å². The molecule has 1 heterocycles. The normalized spacial score (nSPS) is 12.1. The predicted molar refractivity (Wildman–Crippen MR) is 61.3 cm³/mol. The quantitative estimate of drug-likeness (QED) is 0.803. The van der Waals surface area contributed by atoms with Crippen LogP contribution in [0.25, 0.3) is 0 Å². The summed E-state index contributed by atoms with van der Waals surface area (Å²) in [5.74, 6) is -0.806. The number of likely N-dealkylation sites (N-methyl/N-ethyl adjacent to an activating group) is 1. The molecule has 0 radical (unpaired) electrons. The van der Waals surface area contributed by atoms with Crippen LogP contribution in [0.15, 0.2) is 12.3 Å². The van der Waals surface area contributed by atoms with Gasteiger partial charge in [0.05, 0.1) is 0 Å². The van der Waals surface area contributed by atoms with Crippen molar-refractivity contribution >= 4 is 5.97 Å². The minimum atomic E-state index is -0.835. The van der Waals surface area contributed by atoms with Gasteiger partial charge in [0.2, 0.25) is 0 Å². The highest BCUT2D eigenvalue weighted by atomic mass is 16.4. The van der Waals surface area contributed by atoms with Gasteiger partial charge in [-0.2, -0.15) is 5.10 Å². The molecule has 0 aromatic carbocycles. The Bertz CT molecular complexity index is 371. The van der Waals surface area contributed by atoms with E-state index in [1.54, 1.807) is 20.0 Å². The number of carboxylic acids is 1. The molecule has 0 aliphatic heterocycles. The summed E-state index contributed by atoms with van der Waals surface area (Å²) in [6.45, 7) is 4.11. The summed E-state index contributed by atoms with van der Waals surface area (Å²) < 4.78 is 1.81. The zero-order valence-electron chi connectivity index (χ0n) is 10.3. The van der Waals surface area contributed by atoms with Gasteiger partial charge in [-0.15, -0.1) is 0 Å². The number of hydrogen-bond donors (Lipinski definition) is 1. The molecule has 1 rings (SSSR count). The number of carbonyl (C=O) groups is 1. The van der Waals surface area contributed by atoms with Gasteiger partial charge in [0, 0.05) is 31.9 Å². The lowest BCUT2D eigenvalue weighted by Gasteiger charge is -2.31. The highest BCUT2D eigenvalue weighted by Gasteiger charge is 2.31. The summed E-state index contributed by atoms with van der Waals surface area (Å²) in [6, 6.07) is 1.95. The van der Waals surface area contributed by atoms with E-state index in [4.69, 9.17) is 5.11 Å². The van der Waals surface area contributed by atoms with E-state index in [9.17, 15) is 4.79 Å². The number of hydrogen-bond acceptors (Lipinski definition) is 3. The molecule has 0 fully saturated rings. The van der Waals surface area contributed by atoms with E-state index in [1.807, 2.05) is 29.7 Å². The average molecular weight is 225 g/mol. The summed E-state index contributed by atoms with van der Waals surface area (Å²) >= 11 is 0. The first kappa shape index (κ1) is 12.7. The maximum Gasteiger partial charge on any atom is 0.323 e. The fourth-order valence-electron chi connectivity index (χ4n) is 1.37. The Kier molecular flexibility index (Phi) is 3.70. The van der Waals surface area contributed by atoms with Crippen molar-refractivity contribution < 1.29 is 9.90 Å². The Hall–Kier alpha value is -1.36. The van der Waals surface area contributed by atoms with Gasteiger partial charge in [-0.3, -0.25) is 14.4 Å². The third kappa shape index (κ3) is 2.61. The highest BCUT2D eigenvalue weighted by molar-refractivity contribution is 5.77. The summed E-state index contributed by atoms with van der Waals surface area (Å²) in [4.78, 5) is 12.9. The third-order valence-corrected chi connectivity index (χ3v) is 3.10. The molecule has 1 aromatic rings. The van der Waals surface area contributed by atoms with E-state index in [2.05, 4.69) is 5.10 Å². The fraction of sp³-hybridized carbons (Fsp3) is 0.636. The number of carboxylic acid groups (broad SMARTS) is 1. The number of aromatic nitrogens is 2. The van der Waals surface area contributed by atoms with E-state index in [0.717, 1.165) is 12.1 Å². The standard InChI is InChI=1S/C11H19N3O2/c1-11(2,10(15)16)13(3)8-6-9-5-7-12-14(9)4/h5,7H,6,8H2,1-4H3,(H,15,16). The summed E-state index contributed by atoms with van der Waals surface area (Å²) in [6.07, 6.45) is 2.54. The molecule has 0 spiro atoms. The highest BCUT2D eigenvalue weighted by Crippen LogP contribution is 2.13. The molecule has 16 heavy (non-hydrogen) atoms. The molecule has 0 amide bonds. The van der Waals surface area contributed by atoms with Crippen molar-refractivity contribution in [3.05, 3.63) is 18.0 Å². The Balaban J connectivity index is 2.56. The smallest absolute Gasteiger partial charge is 0.323 e. The molecule has 0 aliphatic carbocycles. The predicted octanol–water partition coefficient (Wildman–Crippen LogP) is 0.758. The van der Waals surface area contributed by atoms with E-state index in [0.29, 0.717) is 6.54 Å². The van der Waals surface area contributed by atoms with Gasteiger partial charge >= 0.3 is 5.97 Å². The van der Waals surface area contributed by atoms with E-state index >= 15 is 0 Å². The first-order valence-electron chi connectivity index (χ1n) is 5.27. The molecular weight excluding hydrogens is 206 g/mol. The molecule has 5 heteroatoms. The molecule has 0 unspecified atom stereocenters. The Morgan fingerprint density at radius 1 is 1.62 bits per heavy atom. The summed E-state index contributed by atoms with van der Waals surface area (Å²) in [5.41, 5.74) is 0.270. The molecule has 0 saturated carbocycles. The topological polar surface area (TPSA) is 58.4 Å². The lowest BCUT2D eigenvalue weighted by atomic mass is 10.0. The number of nitrogens with zero attached hydrogens (tertiary/aromatic N) is 3. The first-order chi connectivity index (χ1) is 7.35. The van der Waals surface area contributed by atoms with E-state index in [-0.39, 0.29) is 0 Å². The second-order valence-corrected chi connectivity index (χ2v) is 4.48. The van der Waals surface area contributed by atoms with Gasteiger partial charge in [-0.25, -0.2) is 0 Å². The number of rotatable bonds is 5. The first-order valence-corrected chi connectivity index (χ1v) is 5.27. The number of aliphatic carboxylic acids is 1. The van der Waals surface area contributed by atoms with Crippen molar-refractivity contribution in [2.45, 2.75) is 25.8 Å². The van der Waals surface area contributed by atoms with Crippen molar-refractivity contribution in [1.29, 1.82) is 0 Å². The SMILES string of the molecule is CN(CCc1ccnn1C)C(C)(C)C(=O)O. The van der Waals surface area contributed by atoms with Crippen LogP contribution in [-0.4, -0.2) is 44.9 Å². The molecule has 0 saturated heterocycles.